The lowest BCUT2D eigenvalue weighted by Gasteiger charge is -2.25. The first kappa shape index (κ1) is 36.1. The first-order valence-electron chi connectivity index (χ1n) is 16.4. The van der Waals surface area contributed by atoms with Gasteiger partial charge in [0.1, 0.15) is 17.8 Å². The molecular weight excluding hydrogens is 657 g/mol. The number of nitrogens with zero attached hydrogens (tertiary/aromatic N) is 4. The minimum absolute atomic E-state index is 0.0535. The maximum atomic E-state index is 13.7. The number of hydrogen-bond donors (Lipinski definition) is 2. The molecule has 15 heteroatoms. The van der Waals surface area contributed by atoms with Crippen molar-refractivity contribution in [3.05, 3.63) is 82.9 Å². The number of ether oxygens (including phenoxy) is 2. The van der Waals surface area contributed by atoms with Crippen molar-refractivity contribution < 1.29 is 41.8 Å². The van der Waals surface area contributed by atoms with E-state index < -0.39 is 42.1 Å². The van der Waals surface area contributed by atoms with Crippen LogP contribution in [0, 0.1) is 6.92 Å². The van der Waals surface area contributed by atoms with Gasteiger partial charge in [-0.2, -0.15) is 13.2 Å². The summed E-state index contributed by atoms with van der Waals surface area (Å²) >= 11 is 0. The Morgan fingerprint density at radius 1 is 1.00 bits per heavy atom. The van der Waals surface area contributed by atoms with Crippen LogP contribution in [0.5, 0.6) is 11.5 Å². The molecule has 5 rings (SSSR count). The lowest BCUT2D eigenvalue weighted by Crippen LogP contribution is -2.46. The third-order valence-corrected chi connectivity index (χ3v) is 8.60. The van der Waals surface area contributed by atoms with E-state index in [1.165, 1.54) is 48.7 Å². The normalized spacial score (nSPS) is 19.3. The van der Waals surface area contributed by atoms with E-state index in [2.05, 4.69) is 20.6 Å². The Morgan fingerprint density at radius 2 is 1.76 bits per heavy atom. The van der Waals surface area contributed by atoms with Crippen LogP contribution in [0.1, 0.15) is 63.4 Å². The van der Waals surface area contributed by atoms with Crippen molar-refractivity contribution in [1.82, 2.24) is 30.4 Å². The number of alkyl halides is 3. The smallest absolute Gasteiger partial charge is 0.416 e. The highest BCUT2D eigenvalue weighted by Crippen LogP contribution is 2.34. The minimum atomic E-state index is -4.66. The molecule has 1 fully saturated rings. The number of carbonyl (C=O) groups is 4. The molecule has 3 aromatic rings. The lowest BCUT2D eigenvalue weighted by molar-refractivity contribution is -0.140. The van der Waals surface area contributed by atoms with Gasteiger partial charge in [-0.25, -0.2) is 4.98 Å². The van der Waals surface area contributed by atoms with Gasteiger partial charge in [0.2, 0.25) is 11.8 Å². The average molecular weight is 697 g/mol. The number of amides is 4. The van der Waals surface area contributed by atoms with E-state index in [4.69, 9.17) is 9.47 Å². The molecule has 2 aliphatic heterocycles. The summed E-state index contributed by atoms with van der Waals surface area (Å²) < 4.78 is 52.8. The summed E-state index contributed by atoms with van der Waals surface area (Å²) in [5.41, 5.74) is 0.00554. The number of aryl methyl sites for hydroxylation is 1. The van der Waals surface area contributed by atoms with Gasteiger partial charge in [0.15, 0.2) is 11.5 Å². The third-order valence-electron chi connectivity index (χ3n) is 8.60. The summed E-state index contributed by atoms with van der Waals surface area (Å²) in [5.74, 6) is -1.32. The van der Waals surface area contributed by atoms with E-state index in [0.717, 1.165) is 6.07 Å². The van der Waals surface area contributed by atoms with Crippen molar-refractivity contribution in [3.8, 4) is 11.5 Å². The van der Waals surface area contributed by atoms with Gasteiger partial charge in [0.25, 0.3) is 11.8 Å². The second-order valence-electron chi connectivity index (χ2n) is 12.2. The van der Waals surface area contributed by atoms with Crippen LogP contribution in [-0.4, -0.2) is 95.4 Å². The van der Waals surface area contributed by atoms with Gasteiger partial charge in [-0.15, -0.1) is 0 Å². The number of rotatable bonds is 4. The summed E-state index contributed by atoms with van der Waals surface area (Å²) in [6.07, 6.45) is -1.49. The van der Waals surface area contributed by atoms with Crippen LogP contribution in [0.4, 0.5) is 13.2 Å². The van der Waals surface area contributed by atoms with Crippen molar-refractivity contribution in [2.45, 2.75) is 57.3 Å². The van der Waals surface area contributed by atoms with Gasteiger partial charge in [-0.05, 0) is 56.0 Å². The molecule has 1 aromatic heterocycles. The predicted molar refractivity (Wildman–Crippen MR) is 175 cm³/mol. The van der Waals surface area contributed by atoms with Crippen LogP contribution in [0.3, 0.4) is 0 Å². The Labute approximate surface area is 287 Å². The summed E-state index contributed by atoms with van der Waals surface area (Å²) in [7, 11) is 1.43. The van der Waals surface area contributed by atoms with Crippen molar-refractivity contribution in [2.24, 2.45) is 0 Å². The molecule has 0 unspecified atom stereocenters. The van der Waals surface area contributed by atoms with E-state index in [9.17, 15) is 32.3 Å². The van der Waals surface area contributed by atoms with Crippen LogP contribution < -0.4 is 20.1 Å². The van der Waals surface area contributed by atoms with E-state index in [-0.39, 0.29) is 60.4 Å². The summed E-state index contributed by atoms with van der Waals surface area (Å²) in [6, 6.07) is 8.43. The second kappa shape index (κ2) is 16.0. The maximum Gasteiger partial charge on any atom is 0.416 e. The molecule has 0 saturated carbocycles. The van der Waals surface area contributed by atoms with Crippen molar-refractivity contribution >= 4 is 23.6 Å². The van der Waals surface area contributed by atoms with Gasteiger partial charge < -0.3 is 29.9 Å². The summed E-state index contributed by atoms with van der Waals surface area (Å²) in [6.45, 7) is 2.88. The van der Waals surface area contributed by atoms with E-state index >= 15 is 0 Å². The van der Waals surface area contributed by atoms with E-state index in [1.807, 2.05) is 0 Å². The zero-order chi connectivity index (χ0) is 35.8. The van der Waals surface area contributed by atoms with Crippen LogP contribution in [-0.2, 0) is 22.2 Å². The SMILES string of the molecule is COc1ccc2cc1O[C@H]1C[C@@H](C(=O)NCCCCN(C(=O)c3cnc(C)cn3)CCCNC2=O)N(C(=O)Cc2ccccc2C(F)(F)F)C1. The highest BCUT2D eigenvalue weighted by molar-refractivity contribution is 5.95. The van der Waals surface area contributed by atoms with Crippen LogP contribution in [0.25, 0.3) is 0 Å². The van der Waals surface area contributed by atoms with E-state index in [0.29, 0.717) is 43.8 Å². The zero-order valence-electron chi connectivity index (χ0n) is 27.8. The molecule has 0 radical (unpaired) electrons. The molecule has 266 valence electrons. The minimum Gasteiger partial charge on any atom is -0.493 e. The van der Waals surface area contributed by atoms with Gasteiger partial charge in [-0.1, -0.05) is 18.2 Å². The van der Waals surface area contributed by atoms with Gasteiger partial charge in [-0.3, -0.25) is 24.2 Å². The van der Waals surface area contributed by atoms with Crippen molar-refractivity contribution in [3.63, 3.8) is 0 Å². The average Bonchev–Trinajstić information content (AvgIpc) is 3.52. The number of benzene rings is 2. The third kappa shape index (κ3) is 8.87. The molecule has 3 heterocycles. The molecule has 2 atom stereocenters. The zero-order valence-corrected chi connectivity index (χ0v) is 27.8. The van der Waals surface area contributed by atoms with Crippen LogP contribution >= 0.6 is 0 Å². The quantitative estimate of drug-likeness (QED) is 0.422. The Balaban J connectivity index is 1.38. The molecule has 4 amide bonds. The number of aromatic nitrogens is 2. The monoisotopic (exact) mass is 696 g/mol. The molecule has 2 aliphatic rings. The molecule has 12 nitrogen and oxygen atoms in total. The molecule has 2 aromatic carbocycles. The fourth-order valence-corrected chi connectivity index (χ4v) is 6.02. The Bertz CT molecular complexity index is 1700. The summed E-state index contributed by atoms with van der Waals surface area (Å²) in [4.78, 5) is 64.8. The topological polar surface area (TPSA) is 143 Å². The molecule has 0 spiro atoms. The molecule has 0 aliphatic carbocycles. The number of nitrogens with one attached hydrogen (secondary N) is 2. The maximum absolute atomic E-state index is 13.7. The van der Waals surface area contributed by atoms with Gasteiger partial charge in [0, 0.05) is 44.4 Å². The standard InChI is InChI=1S/C35H39F3N6O6/c1-22-19-42-27(20-41-22)34(48)43-14-6-5-12-40-33(47)28-18-25(21-44(28)31(45)17-23-8-3-4-9-26(23)35(36,37)38)50-30-16-24(10-11-29(30)49-2)32(46)39-13-7-15-43/h3-4,8-11,16,19-20,25,28H,5-7,12-15,17-18,21H2,1-2H3,(H,39,46)(H,40,47)/t25-,28-/m0/s1. The lowest BCUT2D eigenvalue weighted by atomic mass is 10.0. The van der Waals surface area contributed by atoms with Crippen LogP contribution in [0.15, 0.2) is 54.9 Å². The molecular formula is C35H39F3N6O6. The number of carbonyl (C=O) groups excluding carboxylic acids is 4. The van der Waals surface area contributed by atoms with Gasteiger partial charge in [0.05, 0.1) is 37.5 Å². The fourth-order valence-electron chi connectivity index (χ4n) is 6.02. The first-order valence-corrected chi connectivity index (χ1v) is 16.4. The largest absolute Gasteiger partial charge is 0.493 e. The Morgan fingerprint density at radius 3 is 2.50 bits per heavy atom. The first-order chi connectivity index (χ1) is 23.9. The molecule has 50 heavy (non-hydrogen) atoms. The van der Waals surface area contributed by atoms with E-state index in [1.54, 1.807) is 24.0 Å². The molecule has 4 bridgehead atoms. The number of fused-ring (bicyclic) bond motifs is 4. The second-order valence-corrected chi connectivity index (χ2v) is 12.2. The van der Waals surface area contributed by atoms with Crippen molar-refractivity contribution in [2.75, 3.05) is 39.8 Å². The predicted octanol–water partition coefficient (Wildman–Crippen LogP) is 3.58. The number of methoxy groups -OCH3 is 1. The number of hydrogen-bond acceptors (Lipinski definition) is 8. The van der Waals surface area contributed by atoms with Crippen molar-refractivity contribution in [1.29, 1.82) is 0 Å². The molecule has 1 saturated heterocycles. The summed E-state index contributed by atoms with van der Waals surface area (Å²) in [5, 5.41) is 5.71. The number of likely N-dealkylation sites (tertiary alicyclic amines) is 1. The van der Waals surface area contributed by atoms with Gasteiger partial charge >= 0.3 is 6.18 Å². The fraction of sp³-hybridized carbons (Fsp3) is 0.429. The van der Waals surface area contributed by atoms with Crippen LogP contribution in [0.2, 0.25) is 0 Å². The highest BCUT2D eigenvalue weighted by Gasteiger charge is 2.42. The molecule has 2 N–H and O–H groups in total. The number of halogens is 3. The highest BCUT2D eigenvalue weighted by atomic mass is 19.4. The Hall–Kier alpha value is -5.21. The Kier molecular flexibility index (Phi) is 11.5.